The first-order chi connectivity index (χ1) is 15.2. The zero-order valence-electron chi connectivity index (χ0n) is 17.7. The van der Waals surface area contributed by atoms with Gasteiger partial charge >= 0.3 is 0 Å². The number of nitrogens with zero attached hydrogens (tertiary/aromatic N) is 3. The number of piperidine rings is 1. The topological polar surface area (TPSA) is 76.6 Å². The van der Waals surface area contributed by atoms with Crippen molar-refractivity contribution in [1.82, 2.24) is 10.2 Å². The summed E-state index contributed by atoms with van der Waals surface area (Å²) in [4.78, 5) is 14.8. The SMILES string of the molecule is COc1ccc(NC(=O)C2CCN(c3ccc(-c4ccccc4OC)nn3)CC2)cc1. The number of rotatable bonds is 6. The first-order valence-corrected chi connectivity index (χ1v) is 10.3. The summed E-state index contributed by atoms with van der Waals surface area (Å²) in [5, 5.41) is 11.8. The average molecular weight is 418 g/mol. The Morgan fingerprint density at radius 2 is 1.68 bits per heavy atom. The molecule has 2 heterocycles. The number of amides is 1. The van der Waals surface area contributed by atoms with Crippen LogP contribution in [0.5, 0.6) is 11.5 Å². The summed E-state index contributed by atoms with van der Waals surface area (Å²) in [6.45, 7) is 1.53. The molecule has 31 heavy (non-hydrogen) atoms. The number of hydrogen-bond acceptors (Lipinski definition) is 6. The van der Waals surface area contributed by atoms with Crippen LogP contribution < -0.4 is 19.7 Å². The van der Waals surface area contributed by atoms with E-state index >= 15 is 0 Å². The molecule has 1 aliphatic rings. The van der Waals surface area contributed by atoms with Crippen LogP contribution in [0.4, 0.5) is 11.5 Å². The Balaban J connectivity index is 1.34. The van der Waals surface area contributed by atoms with E-state index in [1.807, 2.05) is 60.7 Å². The highest BCUT2D eigenvalue weighted by atomic mass is 16.5. The Hall–Kier alpha value is -3.61. The van der Waals surface area contributed by atoms with Crippen LogP contribution in [0.15, 0.2) is 60.7 Å². The highest BCUT2D eigenvalue weighted by molar-refractivity contribution is 5.92. The van der Waals surface area contributed by atoms with Gasteiger partial charge in [0.05, 0.1) is 19.9 Å². The van der Waals surface area contributed by atoms with Gasteiger partial charge in [-0.1, -0.05) is 12.1 Å². The fourth-order valence-corrected chi connectivity index (χ4v) is 3.78. The summed E-state index contributed by atoms with van der Waals surface area (Å²) in [5.74, 6) is 2.41. The highest BCUT2D eigenvalue weighted by Gasteiger charge is 2.26. The molecular weight excluding hydrogens is 392 g/mol. The molecule has 0 unspecified atom stereocenters. The maximum Gasteiger partial charge on any atom is 0.227 e. The second-order valence-electron chi connectivity index (χ2n) is 7.46. The van der Waals surface area contributed by atoms with Gasteiger partial charge in [0.15, 0.2) is 5.82 Å². The number of benzene rings is 2. The Morgan fingerprint density at radius 3 is 2.32 bits per heavy atom. The molecule has 1 saturated heterocycles. The monoisotopic (exact) mass is 418 g/mol. The average Bonchev–Trinajstić information content (AvgIpc) is 2.84. The Labute approximate surface area is 182 Å². The number of ether oxygens (including phenoxy) is 2. The molecule has 0 bridgehead atoms. The van der Waals surface area contributed by atoms with E-state index in [1.54, 1.807) is 14.2 Å². The number of carbonyl (C=O) groups is 1. The van der Waals surface area contributed by atoms with Crippen LogP contribution in [0, 0.1) is 5.92 Å². The third-order valence-electron chi connectivity index (χ3n) is 5.58. The predicted octanol–water partition coefficient (Wildman–Crippen LogP) is 4.02. The smallest absolute Gasteiger partial charge is 0.227 e. The van der Waals surface area contributed by atoms with Gasteiger partial charge in [0.25, 0.3) is 0 Å². The zero-order valence-corrected chi connectivity index (χ0v) is 17.7. The van der Waals surface area contributed by atoms with Crippen molar-refractivity contribution in [3.8, 4) is 22.8 Å². The van der Waals surface area contributed by atoms with Gasteiger partial charge in [-0.05, 0) is 61.4 Å². The molecule has 1 N–H and O–H groups in total. The van der Waals surface area contributed by atoms with Gasteiger partial charge in [0, 0.05) is 30.3 Å². The van der Waals surface area contributed by atoms with Crippen molar-refractivity contribution in [3.63, 3.8) is 0 Å². The van der Waals surface area contributed by atoms with Gasteiger partial charge in [0.2, 0.25) is 5.91 Å². The number of aromatic nitrogens is 2. The van der Waals surface area contributed by atoms with E-state index in [0.717, 1.165) is 60.2 Å². The molecule has 0 spiro atoms. The molecule has 4 rings (SSSR count). The minimum absolute atomic E-state index is 0.0147. The summed E-state index contributed by atoms with van der Waals surface area (Å²) in [6.07, 6.45) is 1.55. The molecule has 7 heteroatoms. The van der Waals surface area contributed by atoms with Crippen LogP contribution in [-0.2, 0) is 4.79 Å². The van der Waals surface area contributed by atoms with Crippen LogP contribution >= 0.6 is 0 Å². The second-order valence-corrected chi connectivity index (χ2v) is 7.46. The minimum atomic E-state index is -0.0147. The number of carbonyl (C=O) groups excluding carboxylic acids is 1. The van der Waals surface area contributed by atoms with Crippen LogP contribution in [0.3, 0.4) is 0 Å². The van der Waals surface area contributed by atoms with E-state index in [0.29, 0.717) is 0 Å². The number of para-hydroxylation sites is 1. The molecule has 160 valence electrons. The fourth-order valence-electron chi connectivity index (χ4n) is 3.78. The molecule has 0 radical (unpaired) electrons. The lowest BCUT2D eigenvalue weighted by Gasteiger charge is -2.31. The third-order valence-corrected chi connectivity index (χ3v) is 5.58. The molecular formula is C24H26N4O3. The van der Waals surface area contributed by atoms with Crippen LogP contribution in [0.25, 0.3) is 11.3 Å². The summed E-state index contributed by atoms with van der Waals surface area (Å²) in [7, 11) is 3.27. The van der Waals surface area contributed by atoms with Crippen LogP contribution in [0.1, 0.15) is 12.8 Å². The standard InChI is InChI=1S/C24H26N4O3/c1-30-19-9-7-18(8-10-19)25-24(29)17-13-15-28(16-14-17)23-12-11-21(26-27-23)20-5-3-4-6-22(20)31-2/h3-12,17H,13-16H2,1-2H3,(H,25,29). The number of hydrogen-bond donors (Lipinski definition) is 1. The molecule has 2 aromatic carbocycles. The summed E-state index contributed by atoms with van der Waals surface area (Å²) in [6, 6.07) is 19.1. The first-order valence-electron chi connectivity index (χ1n) is 10.3. The lowest BCUT2D eigenvalue weighted by atomic mass is 9.95. The Bertz CT molecular complexity index is 1010. The van der Waals surface area contributed by atoms with Gasteiger partial charge in [-0.3, -0.25) is 4.79 Å². The van der Waals surface area contributed by atoms with Gasteiger partial charge in [-0.25, -0.2) is 0 Å². The van der Waals surface area contributed by atoms with Crippen LogP contribution in [0.2, 0.25) is 0 Å². The van der Waals surface area contributed by atoms with E-state index in [-0.39, 0.29) is 11.8 Å². The third kappa shape index (κ3) is 4.77. The molecule has 1 aromatic heterocycles. The van der Waals surface area contributed by atoms with Gasteiger partial charge in [0.1, 0.15) is 11.5 Å². The van der Waals surface area contributed by atoms with E-state index in [9.17, 15) is 4.79 Å². The molecule has 0 atom stereocenters. The molecule has 1 fully saturated rings. The van der Waals surface area contributed by atoms with Gasteiger partial charge in [-0.15, -0.1) is 10.2 Å². The van der Waals surface area contributed by atoms with Crippen LogP contribution in [-0.4, -0.2) is 43.4 Å². The molecule has 1 amide bonds. The van der Waals surface area contributed by atoms with Crippen molar-refractivity contribution < 1.29 is 14.3 Å². The Kier molecular flexibility index (Phi) is 6.31. The number of methoxy groups -OCH3 is 2. The molecule has 3 aromatic rings. The lowest BCUT2D eigenvalue weighted by Crippen LogP contribution is -2.38. The van der Waals surface area contributed by atoms with Crippen molar-refractivity contribution >= 4 is 17.4 Å². The lowest BCUT2D eigenvalue weighted by molar-refractivity contribution is -0.120. The maximum absolute atomic E-state index is 12.6. The predicted molar refractivity (Wildman–Crippen MR) is 121 cm³/mol. The Morgan fingerprint density at radius 1 is 0.935 bits per heavy atom. The molecule has 0 saturated carbocycles. The van der Waals surface area contributed by atoms with E-state index in [4.69, 9.17) is 9.47 Å². The summed E-state index contributed by atoms with van der Waals surface area (Å²) >= 11 is 0. The second kappa shape index (κ2) is 9.47. The van der Waals surface area contributed by atoms with Crippen molar-refractivity contribution in [2.24, 2.45) is 5.92 Å². The summed E-state index contributed by atoms with van der Waals surface area (Å²) < 4.78 is 10.6. The fraction of sp³-hybridized carbons (Fsp3) is 0.292. The van der Waals surface area contributed by atoms with E-state index in [2.05, 4.69) is 20.4 Å². The summed E-state index contributed by atoms with van der Waals surface area (Å²) in [5.41, 5.74) is 2.47. The van der Waals surface area contributed by atoms with Crippen molar-refractivity contribution in [2.75, 3.05) is 37.5 Å². The first kappa shape index (κ1) is 20.7. The van der Waals surface area contributed by atoms with Crippen molar-refractivity contribution in [3.05, 3.63) is 60.7 Å². The number of nitrogens with one attached hydrogen (secondary N) is 1. The minimum Gasteiger partial charge on any atom is -0.497 e. The van der Waals surface area contributed by atoms with Crippen molar-refractivity contribution in [1.29, 1.82) is 0 Å². The highest BCUT2D eigenvalue weighted by Crippen LogP contribution is 2.29. The largest absolute Gasteiger partial charge is 0.497 e. The van der Waals surface area contributed by atoms with Gasteiger partial charge < -0.3 is 19.7 Å². The molecule has 7 nitrogen and oxygen atoms in total. The van der Waals surface area contributed by atoms with Crippen molar-refractivity contribution in [2.45, 2.75) is 12.8 Å². The van der Waals surface area contributed by atoms with E-state index < -0.39 is 0 Å². The molecule has 1 aliphatic heterocycles. The normalized spacial score (nSPS) is 14.2. The molecule has 0 aliphatic carbocycles. The van der Waals surface area contributed by atoms with Gasteiger partial charge in [-0.2, -0.15) is 0 Å². The zero-order chi connectivity index (χ0) is 21.6. The maximum atomic E-state index is 12.6. The number of anilines is 2. The van der Waals surface area contributed by atoms with E-state index in [1.165, 1.54) is 0 Å². The quantitative estimate of drug-likeness (QED) is 0.652.